The van der Waals surface area contributed by atoms with E-state index >= 15 is 0 Å². The number of benzene rings is 1. The number of primary amides is 1. The molecule has 0 aliphatic carbocycles. The van der Waals surface area contributed by atoms with E-state index in [9.17, 15) is 4.79 Å². The Labute approximate surface area is 93.6 Å². The molecule has 0 saturated heterocycles. The first-order chi connectivity index (χ1) is 7.13. The molecule has 0 saturated carbocycles. The third kappa shape index (κ3) is 1.57. The molecule has 0 aliphatic heterocycles. The first-order valence-corrected chi connectivity index (χ1v) is 4.93. The summed E-state index contributed by atoms with van der Waals surface area (Å²) in [5.74, 6) is 0. The molecule has 15 heavy (non-hydrogen) atoms. The van der Waals surface area contributed by atoms with Gasteiger partial charge in [-0.2, -0.15) is 0 Å². The van der Waals surface area contributed by atoms with Crippen LogP contribution in [0.3, 0.4) is 0 Å². The minimum absolute atomic E-state index is 0.441. The van der Waals surface area contributed by atoms with Gasteiger partial charge in [0.05, 0.1) is 11.2 Å². The second-order valence-corrected chi connectivity index (χ2v) is 3.94. The number of nitrogens with one attached hydrogen (secondary N) is 1. The molecular weight excluding hydrogens is 262 g/mol. The van der Waals surface area contributed by atoms with E-state index in [0.29, 0.717) is 11.2 Å². The summed E-state index contributed by atoms with van der Waals surface area (Å²) in [6.45, 7) is 0. The molecule has 1 aromatic carbocycles. The molecule has 1 aromatic heterocycles. The number of nitrogens with two attached hydrogens (primary N) is 1. The van der Waals surface area contributed by atoms with Gasteiger partial charge in [-0.15, -0.1) is 0 Å². The largest absolute Gasteiger partial charge is 0.351 e. The molecule has 6 heteroatoms. The highest BCUT2D eigenvalue weighted by Gasteiger charge is 2.11. The van der Waals surface area contributed by atoms with Crippen molar-refractivity contribution in [2.75, 3.05) is 5.48 Å². The molecule has 0 spiro atoms. The van der Waals surface area contributed by atoms with Gasteiger partial charge in [0, 0.05) is 16.1 Å². The average Bonchev–Trinajstić information content (AvgIpc) is 2.55. The van der Waals surface area contributed by atoms with Crippen LogP contribution in [0.2, 0.25) is 0 Å². The van der Waals surface area contributed by atoms with Crippen LogP contribution in [0.25, 0.3) is 10.9 Å². The van der Waals surface area contributed by atoms with Gasteiger partial charge in [0.1, 0.15) is 0 Å². The van der Waals surface area contributed by atoms with Crippen LogP contribution >= 0.6 is 15.9 Å². The molecule has 0 fully saturated rings. The minimum Gasteiger partial charge on any atom is -0.351 e. The van der Waals surface area contributed by atoms with Crippen molar-refractivity contribution in [1.82, 2.24) is 4.57 Å². The number of anilines is 1. The molecule has 5 nitrogen and oxygen atoms in total. The van der Waals surface area contributed by atoms with Gasteiger partial charge in [-0.3, -0.25) is 15.3 Å². The van der Waals surface area contributed by atoms with E-state index in [1.165, 1.54) is 10.8 Å². The normalized spacial score (nSPS) is 10.5. The average molecular weight is 270 g/mol. The maximum Gasteiger partial charge on any atom is 0.323 e. The predicted octanol–water partition coefficient (Wildman–Crippen LogP) is 2.13. The summed E-state index contributed by atoms with van der Waals surface area (Å²) in [6, 6.07) is 4.74. The zero-order chi connectivity index (χ0) is 11.0. The third-order valence-electron chi connectivity index (χ3n) is 2.13. The Balaban J connectivity index is 2.81. The van der Waals surface area contributed by atoms with E-state index in [2.05, 4.69) is 15.9 Å². The Morgan fingerprint density at radius 2 is 2.27 bits per heavy atom. The van der Waals surface area contributed by atoms with Crippen LogP contribution in [0.15, 0.2) is 28.9 Å². The lowest BCUT2D eigenvalue weighted by Crippen LogP contribution is -2.18. The van der Waals surface area contributed by atoms with Gasteiger partial charge in [-0.05, 0) is 18.2 Å². The number of fused-ring (bicyclic) bond motifs is 1. The molecule has 0 radical (unpaired) electrons. The SMILES string of the molecule is NC(=O)n1cc(NO)c2ccc(Br)cc21. The number of hydrogen-bond acceptors (Lipinski definition) is 3. The first-order valence-electron chi connectivity index (χ1n) is 4.14. The van der Waals surface area contributed by atoms with E-state index in [0.717, 1.165) is 9.86 Å². The molecule has 2 aromatic rings. The van der Waals surface area contributed by atoms with Crippen LogP contribution in [0.5, 0.6) is 0 Å². The number of carbonyl (C=O) groups is 1. The second kappa shape index (κ2) is 3.56. The monoisotopic (exact) mass is 269 g/mol. The fourth-order valence-electron chi connectivity index (χ4n) is 1.47. The standard InChI is InChI=1S/C9H8BrN3O2/c10-5-1-2-6-7(12-15)4-13(9(11)14)8(6)3-5/h1-4,12,15H,(H2,11,14). The molecule has 2 rings (SSSR count). The molecule has 78 valence electrons. The molecule has 0 aliphatic rings. The van der Waals surface area contributed by atoms with Crippen LogP contribution in [-0.4, -0.2) is 15.8 Å². The molecule has 0 atom stereocenters. The van der Waals surface area contributed by atoms with Crippen LogP contribution < -0.4 is 11.2 Å². The summed E-state index contributed by atoms with van der Waals surface area (Å²) in [5, 5.41) is 9.59. The van der Waals surface area contributed by atoms with E-state index < -0.39 is 6.03 Å². The lowest BCUT2D eigenvalue weighted by molar-refractivity contribution is 0.251. The summed E-state index contributed by atoms with van der Waals surface area (Å²) in [6.07, 6.45) is 1.44. The van der Waals surface area contributed by atoms with Crippen LogP contribution in [0.1, 0.15) is 0 Å². The van der Waals surface area contributed by atoms with E-state index in [-0.39, 0.29) is 0 Å². The topological polar surface area (TPSA) is 80.3 Å². The highest BCUT2D eigenvalue weighted by molar-refractivity contribution is 9.10. The van der Waals surface area contributed by atoms with Crippen molar-refractivity contribution in [3.63, 3.8) is 0 Å². The molecule has 1 amide bonds. The summed E-state index contributed by atoms with van der Waals surface area (Å²) in [4.78, 5) is 11.1. The maximum atomic E-state index is 11.1. The zero-order valence-electron chi connectivity index (χ0n) is 7.57. The number of carbonyl (C=O) groups excluding carboxylic acids is 1. The summed E-state index contributed by atoms with van der Waals surface area (Å²) < 4.78 is 2.10. The van der Waals surface area contributed by atoms with Gasteiger partial charge in [0.2, 0.25) is 0 Å². The highest BCUT2D eigenvalue weighted by Crippen LogP contribution is 2.27. The van der Waals surface area contributed by atoms with Crippen molar-refractivity contribution in [2.45, 2.75) is 0 Å². The van der Waals surface area contributed by atoms with Crippen molar-refractivity contribution < 1.29 is 10.0 Å². The number of aromatic nitrogens is 1. The summed E-state index contributed by atoms with van der Waals surface area (Å²) in [5.41, 5.74) is 8.29. The predicted molar refractivity (Wildman–Crippen MR) is 60.0 cm³/mol. The van der Waals surface area contributed by atoms with Crippen molar-refractivity contribution in [2.24, 2.45) is 5.73 Å². The first kappa shape index (κ1) is 10.0. The minimum atomic E-state index is -0.598. The fraction of sp³-hybridized carbons (Fsp3) is 0. The molecule has 1 heterocycles. The van der Waals surface area contributed by atoms with Gasteiger partial charge >= 0.3 is 6.03 Å². The van der Waals surface area contributed by atoms with Crippen molar-refractivity contribution in [1.29, 1.82) is 0 Å². The van der Waals surface area contributed by atoms with Gasteiger partial charge in [-0.1, -0.05) is 15.9 Å². The number of amides is 1. The summed E-state index contributed by atoms with van der Waals surface area (Å²) >= 11 is 3.30. The molecule has 0 bridgehead atoms. The van der Waals surface area contributed by atoms with E-state index in [1.54, 1.807) is 12.1 Å². The Hall–Kier alpha value is -1.53. The number of nitrogens with zero attached hydrogens (tertiary/aromatic N) is 1. The Bertz CT molecular complexity index is 535. The third-order valence-corrected chi connectivity index (χ3v) is 2.62. The van der Waals surface area contributed by atoms with E-state index in [4.69, 9.17) is 10.9 Å². The van der Waals surface area contributed by atoms with Crippen molar-refractivity contribution in [3.8, 4) is 0 Å². The van der Waals surface area contributed by atoms with Crippen LogP contribution in [0, 0.1) is 0 Å². The smallest absolute Gasteiger partial charge is 0.323 e. The Kier molecular flexibility index (Phi) is 2.37. The van der Waals surface area contributed by atoms with Crippen LogP contribution in [-0.2, 0) is 0 Å². The lowest BCUT2D eigenvalue weighted by Gasteiger charge is -1.98. The van der Waals surface area contributed by atoms with Crippen molar-refractivity contribution in [3.05, 3.63) is 28.9 Å². The van der Waals surface area contributed by atoms with Gasteiger partial charge in [0.15, 0.2) is 0 Å². The molecule has 4 N–H and O–H groups in total. The van der Waals surface area contributed by atoms with Crippen molar-refractivity contribution >= 4 is 38.6 Å². The Morgan fingerprint density at radius 1 is 1.53 bits per heavy atom. The van der Waals surface area contributed by atoms with Crippen LogP contribution in [0.4, 0.5) is 10.5 Å². The zero-order valence-corrected chi connectivity index (χ0v) is 9.15. The lowest BCUT2D eigenvalue weighted by atomic mass is 10.2. The maximum absolute atomic E-state index is 11.1. The molecular formula is C9H8BrN3O2. The number of halogens is 1. The highest BCUT2D eigenvalue weighted by atomic mass is 79.9. The van der Waals surface area contributed by atoms with Gasteiger partial charge in [-0.25, -0.2) is 4.79 Å². The second-order valence-electron chi connectivity index (χ2n) is 3.02. The Morgan fingerprint density at radius 3 is 2.87 bits per heavy atom. The van der Waals surface area contributed by atoms with Gasteiger partial charge < -0.3 is 5.73 Å². The molecule has 0 unspecified atom stereocenters. The quantitative estimate of drug-likeness (QED) is 0.694. The number of hydrogen-bond donors (Lipinski definition) is 3. The van der Waals surface area contributed by atoms with Gasteiger partial charge in [0.25, 0.3) is 0 Å². The fourth-order valence-corrected chi connectivity index (χ4v) is 1.82. The van der Waals surface area contributed by atoms with E-state index in [1.807, 2.05) is 11.5 Å². The summed E-state index contributed by atoms with van der Waals surface area (Å²) in [7, 11) is 0. The number of rotatable bonds is 1.